The van der Waals surface area contributed by atoms with Gasteiger partial charge >= 0.3 is 0 Å². The van der Waals surface area contributed by atoms with E-state index in [-0.39, 0.29) is 0 Å². The molecule has 0 bridgehead atoms. The molecule has 0 spiro atoms. The van der Waals surface area contributed by atoms with Crippen LogP contribution in [0.1, 0.15) is 12.8 Å². The van der Waals surface area contributed by atoms with Crippen molar-refractivity contribution in [2.75, 3.05) is 6.16 Å². The van der Waals surface area contributed by atoms with E-state index in [1.165, 1.54) is 0 Å². The summed E-state index contributed by atoms with van der Waals surface area (Å²) in [5.74, 6) is 0. The monoisotopic (exact) mass is 192 g/mol. The minimum absolute atomic E-state index is 0.640. The fourth-order valence-corrected chi connectivity index (χ4v) is 0.908. The summed E-state index contributed by atoms with van der Waals surface area (Å²) in [4.78, 5) is 0. The van der Waals surface area contributed by atoms with Crippen molar-refractivity contribution in [2.45, 2.75) is 16.6 Å². The Bertz CT molecular complexity index is 58.8. The molecule has 50 valence electrons. The zero-order valence-corrected chi connectivity index (χ0v) is 7.76. The second-order valence-electron chi connectivity index (χ2n) is 1.51. The molecule has 0 heterocycles. The van der Waals surface area contributed by atoms with Crippen molar-refractivity contribution in [1.82, 2.24) is 0 Å². The zero-order valence-electron chi connectivity index (χ0n) is 4.33. The van der Waals surface area contributed by atoms with Crippen LogP contribution in [-0.4, -0.2) is 9.95 Å². The van der Waals surface area contributed by atoms with Crippen molar-refractivity contribution in [3.63, 3.8) is 0 Å². The first-order valence-corrected chi connectivity index (χ1v) is 4.28. The van der Waals surface area contributed by atoms with Crippen molar-refractivity contribution >= 4 is 44.0 Å². The van der Waals surface area contributed by atoms with Crippen LogP contribution < -0.4 is 0 Å². The van der Waals surface area contributed by atoms with Crippen LogP contribution in [0.5, 0.6) is 0 Å². The summed E-state index contributed by atoms with van der Waals surface area (Å²) < 4.78 is -1.05. The largest absolute Gasteiger partial charge is 0.190 e. The number of halogens is 3. The maximum atomic E-state index is 5.43. The number of hydrogen-bond donors (Lipinski definition) is 0. The van der Waals surface area contributed by atoms with Crippen LogP contribution in [0.3, 0.4) is 0 Å². The Morgan fingerprint density at radius 2 is 1.75 bits per heavy atom. The Hall–Kier alpha value is 1.30. The van der Waals surface area contributed by atoms with Gasteiger partial charge in [0, 0.05) is 0 Å². The lowest BCUT2D eigenvalue weighted by molar-refractivity contribution is 0.831. The number of hydrogen-bond acceptors (Lipinski definition) is 0. The summed E-state index contributed by atoms with van der Waals surface area (Å²) >= 11 is 16.3. The first-order chi connectivity index (χ1) is 3.56. The standard InChI is InChI=1S/C4H8Cl3P/c5-4(6,7)2-1-3-8/h1-3,8H2. The third-order valence-electron chi connectivity index (χ3n) is 0.664. The van der Waals surface area contributed by atoms with Crippen molar-refractivity contribution in [3.8, 4) is 0 Å². The van der Waals surface area contributed by atoms with E-state index in [4.69, 9.17) is 34.8 Å². The molecule has 0 aromatic heterocycles. The average Bonchev–Trinajstić information content (AvgIpc) is 1.59. The summed E-state index contributed by atoms with van der Waals surface area (Å²) in [5.41, 5.74) is 0. The lowest BCUT2D eigenvalue weighted by Gasteiger charge is -2.07. The zero-order chi connectivity index (χ0) is 6.62. The van der Waals surface area contributed by atoms with Crippen molar-refractivity contribution < 1.29 is 0 Å². The molecule has 0 aromatic rings. The van der Waals surface area contributed by atoms with Gasteiger partial charge in [0.1, 0.15) is 0 Å². The Labute approximate surface area is 67.1 Å². The summed E-state index contributed by atoms with van der Waals surface area (Å²) in [6, 6.07) is 0. The van der Waals surface area contributed by atoms with Gasteiger partial charge in [0.05, 0.1) is 0 Å². The molecular weight excluding hydrogens is 185 g/mol. The predicted octanol–water partition coefficient (Wildman–Crippen LogP) is 3.01. The third kappa shape index (κ3) is 7.30. The minimum atomic E-state index is -1.05. The van der Waals surface area contributed by atoms with Gasteiger partial charge in [0.15, 0.2) is 3.79 Å². The molecular formula is C4H8Cl3P. The molecule has 0 nitrogen and oxygen atoms in total. The van der Waals surface area contributed by atoms with Crippen LogP contribution in [0.25, 0.3) is 0 Å². The van der Waals surface area contributed by atoms with Crippen LogP contribution >= 0.6 is 44.0 Å². The lowest BCUT2D eigenvalue weighted by Crippen LogP contribution is -2.00. The average molecular weight is 193 g/mol. The van der Waals surface area contributed by atoms with Gasteiger partial charge in [-0.2, -0.15) is 0 Å². The SMILES string of the molecule is PCCCC(Cl)(Cl)Cl. The molecule has 1 unspecified atom stereocenters. The summed E-state index contributed by atoms with van der Waals surface area (Å²) in [6.07, 6.45) is 2.58. The second kappa shape index (κ2) is 4.17. The Balaban J connectivity index is 3.11. The summed E-state index contributed by atoms with van der Waals surface area (Å²) in [5, 5.41) is 0. The first kappa shape index (κ1) is 9.30. The molecule has 4 heteroatoms. The van der Waals surface area contributed by atoms with Crippen molar-refractivity contribution in [1.29, 1.82) is 0 Å². The van der Waals surface area contributed by atoms with Gasteiger partial charge < -0.3 is 0 Å². The fraction of sp³-hybridized carbons (Fsp3) is 1.00. The minimum Gasteiger partial charge on any atom is -0.138 e. The molecule has 0 amide bonds. The molecule has 0 fully saturated rings. The maximum absolute atomic E-state index is 5.43. The highest BCUT2D eigenvalue weighted by Gasteiger charge is 2.17. The topological polar surface area (TPSA) is 0 Å². The third-order valence-corrected chi connectivity index (χ3v) is 1.64. The second-order valence-corrected chi connectivity index (χ2v) is 4.60. The van der Waals surface area contributed by atoms with Gasteiger partial charge in [-0.3, -0.25) is 0 Å². The number of alkyl halides is 3. The molecule has 0 N–H and O–H groups in total. The Kier molecular flexibility index (Phi) is 4.85. The smallest absolute Gasteiger partial charge is 0.138 e. The molecule has 0 aliphatic heterocycles. The predicted molar refractivity (Wildman–Crippen MR) is 44.1 cm³/mol. The number of rotatable bonds is 2. The molecule has 0 aromatic carbocycles. The quantitative estimate of drug-likeness (QED) is 0.467. The molecule has 0 rings (SSSR count). The van der Waals surface area contributed by atoms with E-state index in [0.717, 1.165) is 12.6 Å². The van der Waals surface area contributed by atoms with Gasteiger partial charge in [0.2, 0.25) is 0 Å². The van der Waals surface area contributed by atoms with Crippen LogP contribution in [0.2, 0.25) is 0 Å². The van der Waals surface area contributed by atoms with Crippen LogP contribution in [0.15, 0.2) is 0 Å². The normalized spacial score (nSPS) is 12.0. The van der Waals surface area contributed by atoms with Gasteiger partial charge in [-0.15, -0.1) is 9.24 Å². The van der Waals surface area contributed by atoms with E-state index >= 15 is 0 Å². The Morgan fingerprint density at radius 1 is 1.25 bits per heavy atom. The van der Waals surface area contributed by atoms with E-state index in [1.54, 1.807) is 0 Å². The van der Waals surface area contributed by atoms with Crippen LogP contribution in [-0.2, 0) is 0 Å². The molecule has 0 radical (unpaired) electrons. The van der Waals surface area contributed by atoms with Crippen LogP contribution in [0, 0.1) is 0 Å². The molecule has 0 aliphatic carbocycles. The molecule has 8 heavy (non-hydrogen) atoms. The summed E-state index contributed by atoms with van der Waals surface area (Å²) in [7, 11) is 2.58. The lowest BCUT2D eigenvalue weighted by atomic mass is 10.4. The highest BCUT2D eigenvalue weighted by atomic mass is 35.6. The highest BCUT2D eigenvalue weighted by molar-refractivity contribution is 7.16. The molecule has 0 saturated carbocycles. The summed E-state index contributed by atoms with van der Waals surface area (Å²) in [6.45, 7) is 0. The highest BCUT2D eigenvalue weighted by Crippen LogP contribution is 2.31. The van der Waals surface area contributed by atoms with Gasteiger partial charge in [-0.25, -0.2) is 0 Å². The van der Waals surface area contributed by atoms with Crippen molar-refractivity contribution in [2.24, 2.45) is 0 Å². The van der Waals surface area contributed by atoms with Gasteiger partial charge in [0.25, 0.3) is 0 Å². The van der Waals surface area contributed by atoms with E-state index in [0.29, 0.717) is 6.42 Å². The molecule has 1 atom stereocenters. The van der Waals surface area contributed by atoms with Crippen LogP contribution in [0.4, 0.5) is 0 Å². The van der Waals surface area contributed by atoms with Gasteiger partial charge in [-0.1, -0.05) is 34.8 Å². The van der Waals surface area contributed by atoms with E-state index < -0.39 is 3.79 Å². The first-order valence-electron chi connectivity index (χ1n) is 2.33. The van der Waals surface area contributed by atoms with E-state index in [2.05, 4.69) is 9.24 Å². The van der Waals surface area contributed by atoms with E-state index in [1.807, 2.05) is 0 Å². The van der Waals surface area contributed by atoms with Crippen molar-refractivity contribution in [3.05, 3.63) is 0 Å². The fourth-order valence-electron chi connectivity index (χ4n) is 0.303. The molecule has 0 aliphatic rings. The van der Waals surface area contributed by atoms with Gasteiger partial charge in [-0.05, 0) is 19.0 Å². The Morgan fingerprint density at radius 3 is 1.88 bits per heavy atom. The maximum Gasteiger partial charge on any atom is 0.190 e. The molecule has 0 saturated heterocycles. The van der Waals surface area contributed by atoms with E-state index in [9.17, 15) is 0 Å².